The normalized spacial score (nSPS) is 12.1. The van der Waals surface area contributed by atoms with E-state index in [4.69, 9.17) is 52.4 Å². The molecule has 0 aliphatic carbocycles. The van der Waals surface area contributed by atoms with E-state index in [0.717, 1.165) is 71.0 Å². The minimum absolute atomic E-state index is 0.0594. The summed E-state index contributed by atoms with van der Waals surface area (Å²) in [4.78, 5) is 13.9. The van der Waals surface area contributed by atoms with Crippen molar-refractivity contribution >= 4 is 91.2 Å². The van der Waals surface area contributed by atoms with Gasteiger partial charge in [-0.15, -0.1) is 0 Å². The van der Waals surface area contributed by atoms with Crippen LogP contribution in [0, 0.1) is 5.82 Å². The smallest absolute Gasteiger partial charge is 0.248 e. The Morgan fingerprint density at radius 3 is 2.01 bits per heavy atom. The number of hydrogen-bond acceptors (Lipinski definition) is 8. The quantitative estimate of drug-likeness (QED) is 0.0333. The van der Waals surface area contributed by atoms with Gasteiger partial charge in [0.1, 0.15) is 11.6 Å². The minimum atomic E-state index is -3.52. The molecule has 1 heterocycles. The molecule has 0 saturated carbocycles. The van der Waals surface area contributed by atoms with Crippen LogP contribution in [0.2, 0.25) is 10.0 Å². The van der Waals surface area contributed by atoms with Gasteiger partial charge in [0, 0.05) is 60.6 Å². The number of nitrogens with one attached hydrogen (secondary N) is 5. The molecule has 0 radical (unpaired) electrons. The average Bonchev–Trinajstić information content (AvgIpc) is 3.56. The number of aryl methyl sites for hydroxylation is 1. The number of hydrogen-bond donors (Lipinski definition) is 7. The number of anilines is 2. The fourth-order valence-corrected chi connectivity index (χ4v) is 8.39. The van der Waals surface area contributed by atoms with Crippen molar-refractivity contribution in [2.24, 2.45) is 0 Å². The molecular weight excluding hydrogens is 1030 g/mol. The Balaban J connectivity index is 0.000000206. The van der Waals surface area contributed by atoms with Crippen LogP contribution in [0.25, 0.3) is 6.08 Å². The largest absolute Gasteiger partial charge is 0.504 e. The molecule has 12 nitrogen and oxygen atoms in total. The van der Waals surface area contributed by atoms with Crippen LogP contribution in [0.1, 0.15) is 66.1 Å². The topological polar surface area (TPSA) is 164 Å². The predicted octanol–water partition coefficient (Wildman–Crippen LogP) is 11.3. The zero-order chi connectivity index (χ0) is 53.1. The standard InChI is InChI=1S/C20H26FN3O2S2.C19H21ClN2O2S.C16H14ClNO2/c1-20(2,3)16-8-5-14(6-9-16)12-22-19(27)23-13-15-7-10-18(17(21)11-15)24-28(4,25)26;20-16-5-3-13(4-6-16)7-8-21-19(25)22-9-1-2-14-10-17(23)18(24)11-15(14)12-22;1-20-15-4-2-3-14(11-15)18-16(19)10-7-12-5-8-13(17)9-6-12/h5-11,24H,12-13H2,1-4H3,(H2,22,23,27);3-6,10-11,23-24H,1-2,7-9,12H2,(H,21,25);2-11H,1H3,(H,18,19)/b;;10-7+. The van der Waals surface area contributed by atoms with Gasteiger partial charge in [0.2, 0.25) is 15.9 Å². The number of nitrogens with zero attached hydrogens (tertiary/aromatic N) is 1. The maximum atomic E-state index is 14.0. The average molecular weight is 1090 g/mol. The molecule has 7 N–H and O–H groups in total. The number of methoxy groups -OCH3 is 1. The van der Waals surface area contributed by atoms with Gasteiger partial charge in [-0.25, -0.2) is 12.8 Å². The van der Waals surface area contributed by atoms with E-state index >= 15 is 0 Å². The summed E-state index contributed by atoms with van der Waals surface area (Å²) in [6.07, 6.45) is 6.87. The number of carbonyl (C=O) groups excluding carboxylic acids is 1. The zero-order valence-corrected chi connectivity index (χ0v) is 45.2. The molecule has 6 aromatic rings. The van der Waals surface area contributed by atoms with Crippen LogP contribution in [-0.2, 0) is 52.7 Å². The third kappa shape index (κ3) is 20.2. The van der Waals surface area contributed by atoms with Crippen LogP contribution < -0.4 is 30.7 Å². The van der Waals surface area contributed by atoms with E-state index in [1.54, 1.807) is 55.7 Å². The number of ether oxygens (including phenoxy) is 1. The van der Waals surface area contributed by atoms with Gasteiger partial charge in [0.25, 0.3) is 0 Å². The van der Waals surface area contributed by atoms with Crippen LogP contribution in [0.15, 0.2) is 133 Å². The summed E-state index contributed by atoms with van der Waals surface area (Å²) in [5.74, 6) is -0.279. The Labute approximate surface area is 449 Å². The third-order valence-electron chi connectivity index (χ3n) is 11.1. The number of carbonyl (C=O) groups is 1. The van der Waals surface area contributed by atoms with Gasteiger partial charge in [0.15, 0.2) is 21.7 Å². The molecule has 1 aliphatic rings. The van der Waals surface area contributed by atoms with Crippen molar-refractivity contribution in [3.05, 3.63) is 188 Å². The van der Waals surface area contributed by atoms with Crippen molar-refractivity contribution < 1.29 is 32.6 Å². The number of benzene rings is 6. The second-order valence-corrected chi connectivity index (χ2v) is 21.4. The summed E-state index contributed by atoms with van der Waals surface area (Å²) >= 11 is 22.5. The fraction of sp³-hybridized carbons (Fsp3) is 0.255. The maximum Gasteiger partial charge on any atom is 0.248 e. The molecule has 7 rings (SSSR count). The number of phenols is 2. The van der Waals surface area contributed by atoms with Gasteiger partial charge >= 0.3 is 0 Å². The van der Waals surface area contributed by atoms with Gasteiger partial charge < -0.3 is 41.1 Å². The van der Waals surface area contributed by atoms with Gasteiger partial charge in [-0.05, 0) is 155 Å². The number of amides is 1. The van der Waals surface area contributed by atoms with Crippen molar-refractivity contribution in [1.82, 2.24) is 20.9 Å². The Hall–Kier alpha value is -6.43. The minimum Gasteiger partial charge on any atom is -0.504 e. The Morgan fingerprint density at radius 1 is 0.795 bits per heavy atom. The SMILES string of the molecule is CC(C)(C)c1ccc(CNC(=S)NCc2ccc(NS(C)(=O)=O)c(F)c2)cc1.COc1cccc(NC(=O)/C=C/c2ccc(Cl)cc2)c1.Oc1cc2c(cc1O)CN(C(=S)NCCc1ccc(Cl)cc1)CCC2. The molecule has 0 saturated heterocycles. The second kappa shape index (κ2) is 27.6. The number of phenolic OH excluding ortho intramolecular Hbond substituents is 2. The van der Waals surface area contributed by atoms with Crippen molar-refractivity contribution in [3.8, 4) is 17.2 Å². The Bertz CT molecular complexity index is 2960. The highest BCUT2D eigenvalue weighted by Gasteiger charge is 2.19. The number of thiocarbonyl (C=S) groups is 2. The van der Waals surface area contributed by atoms with Crippen LogP contribution >= 0.6 is 47.6 Å². The summed E-state index contributed by atoms with van der Waals surface area (Å²) < 4.78 is 43.6. The monoisotopic (exact) mass is 1090 g/mol. The lowest BCUT2D eigenvalue weighted by atomic mass is 9.87. The Kier molecular flexibility index (Phi) is 21.7. The van der Waals surface area contributed by atoms with E-state index in [9.17, 15) is 27.8 Å². The van der Waals surface area contributed by atoms with Crippen molar-refractivity contribution in [2.45, 2.75) is 65.1 Å². The lowest BCUT2D eigenvalue weighted by Crippen LogP contribution is -2.40. The maximum absolute atomic E-state index is 14.0. The molecule has 386 valence electrons. The molecule has 0 fully saturated rings. The molecular formula is C55H61Cl2FN6O6S3. The van der Waals surface area contributed by atoms with Gasteiger partial charge in [0.05, 0.1) is 19.1 Å². The van der Waals surface area contributed by atoms with E-state index in [-0.39, 0.29) is 28.5 Å². The van der Waals surface area contributed by atoms with E-state index in [1.807, 2.05) is 48.5 Å². The number of rotatable bonds is 13. The molecule has 0 aromatic heterocycles. The molecule has 18 heteroatoms. The highest BCUT2D eigenvalue weighted by molar-refractivity contribution is 7.92. The van der Waals surface area contributed by atoms with E-state index in [2.05, 4.69) is 75.9 Å². The first-order chi connectivity index (χ1) is 34.6. The zero-order valence-electron chi connectivity index (χ0n) is 41.3. The van der Waals surface area contributed by atoms with Crippen molar-refractivity contribution in [2.75, 3.05) is 36.5 Å². The van der Waals surface area contributed by atoms with Crippen molar-refractivity contribution in [1.29, 1.82) is 0 Å². The molecule has 0 bridgehead atoms. The first-order valence-electron chi connectivity index (χ1n) is 23.2. The van der Waals surface area contributed by atoms with Crippen LogP contribution in [-0.4, -0.2) is 66.1 Å². The molecule has 0 atom stereocenters. The first-order valence-corrected chi connectivity index (χ1v) is 26.7. The van der Waals surface area contributed by atoms with E-state index in [0.29, 0.717) is 46.8 Å². The van der Waals surface area contributed by atoms with E-state index < -0.39 is 15.8 Å². The molecule has 6 aromatic carbocycles. The van der Waals surface area contributed by atoms with Gasteiger partial charge in [-0.1, -0.05) is 105 Å². The van der Waals surface area contributed by atoms with Gasteiger partial charge in [-0.3, -0.25) is 9.52 Å². The summed E-state index contributed by atoms with van der Waals surface area (Å²) in [7, 11) is -1.93. The number of halogens is 3. The third-order valence-corrected chi connectivity index (χ3v) is 12.9. The van der Waals surface area contributed by atoms with Gasteiger partial charge in [-0.2, -0.15) is 0 Å². The highest BCUT2D eigenvalue weighted by Crippen LogP contribution is 2.31. The summed E-state index contributed by atoms with van der Waals surface area (Å²) in [5, 5.41) is 34.2. The molecule has 73 heavy (non-hydrogen) atoms. The summed E-state index contributed by atoms with van der Waals surface area (Å²) in [6.45, 7) is 9.67. The van der Waals surface area contributed by atoms with Crippen LogP contribution in [0.5, 0.6) is 17.2 Å². The lowest BCUT2D eigenvalue weighted by Gasteiger charge is -2.24. The molecule has 1 aliphatic heterocycles. The fourth-order valence-electron chi connectivity index (χ4n) is 7.17. The molecule has 0 spiro atoms. The summed E-state index contributed by atoms with van der Waals surface area (Å²) in [5.41, 5.74) is 7.96. The Morgan fingerprint density at radius 2 is 1.40 bits per heavy atom. The van der Waals surface area contributed by atoms with E-state index in [1.165, 1.54) is 29.3 Å². The number of sulfonamides is 1. The van der Waals surface area contributed by atoms with Crippen LogP contribution in [0.3, 0.4) is 0 Å². The first kappa shape index (κ1) is 57.5. The second-order valence-electron chi connectivity index (χ2n) is 18.0. The molecule has 0 unspecified atom stereocenters. The summed E-state index contributed by atoms with van der Waals surface area (Å²) in [6, 6.07) is 38.2. The highest BCUT2D eigenvalue weighted by atomic mass is 35.5. The number of fused-ring (bicyclic) bond motifs is 1. The number of aromatic hydroxyl groups is 2. The van der Waals surface area contributed by atoms with Crippen molar-refractivity contribution in [3.63, 3.8) is 0 Å². The predicted molar refractivity (Wildman–Crippen MR) is 303 cm³/mol. The molecule has 1 amide bonds. The van der Waals surface area contributed by atoms with Crippen LogP contribution in [0.4, 0.5) is 15.8 Å². The lowest BCUT2D eigenvalue weighted by molar-refractivity contribution is -0.111.